The summed E-state index contributed by atoms with van der Waals surface area (Å²) in [6, 6.07) is 13.9. The zero-order chi connectivity index (χ0) is 17.8. The fourth-order valence-corrected chi connectivity index (χ4v) is 2.97. The molecule has 0 bridgehead atoms. The van der Waals surface area contributed by atoms with Gasteiger partial charge in [-0.3, -0.25) is 9.59 Å². The second kappa shape index (κ2) is 7.19. The van der Waals surface area contributed by atoms with Gasteiger partial charge in [0.25, 0.3) is 5.91 Å². The van der Waals surface area contributed by atoms with Gasteiger partial charge < -0.3 is 15.8 Å². The number of benzene rings is 2. The van der Waals surface area contributed by atoms with Gasteiger partial charge >= 0.3 is 5.97 Å². The molecule has 0 saturated heterocycles. The number of esters is 1. The van der Waals surface area contributed by atoms with Crippen molar-refractivity contribution in [3.8, 4) is 16.9 Å². The van der Waals surface area contributed by atoms with Crippen molar-refractivity contribution in [1.29, 1.82) is 0 Å². The fraction of sp³-hybridized carbons (Fsp3) is 0.0526. The van der Waals surface area contributed by atoms with Gasteiger partial charge in [-0.15, -0.1) is 0 Å². The van der Waals surface area contributed by atoms with Crippen molar-refractivity contribution in [2.24, 2.45) is 0 Å². The van der Waals surface area contributed by atoms with Crippen LogP contribution in [0.15, 0.2) is 59.3 Å². The predicted octanol–water partition coefficient (Wildman–Crippen LogP) is 4.17. The maximum Gasteiger partial charge on any atom is 0.308 e. The van der Waals surface area contributed by atoms with Crippen molar-refractivity contribution in [3.05, 3.63) is 64.9 Å². The summed E-state index contributed by atoms with van der Waals surface area (Å²) in [7, 11) is 0. The summed E-state index contributed by atoms with van der Waals surface area (Å²) in [6.45, 7) is 1.32. The molecule has 0 spiro atoms. The Bertz CT molecular complexity index is 903. The van der Waals surface area contributed by atoms with Crippen molar-refractivity contribution < 1.29 is 14.3 Å². The number of hydrogen-bond acceptors (Lipinski definition) is 5. The Morgan fingerprint density at radius 3 is 2.44 bits per heavy atom. The summed E-state index contributed by atoms with van der Waals surface area (Å²) in [5.41, 5.74) is 9.52. The van der Waals surface area contributed by atoms with E-state index in [1.165, 1.54) is 6.92 Å². The molecule has 2 aromatic carbocycles. The van der Waals surface area contributed by atoms with Crippen molar-refractivity contribution >= 4 is 34.6 Å². The Morgan fingerprint density at radius 2 is 1.80 bits per heavy atom. The van der Waals surface area contributed by atoms with E-state index in [2.05, 4.69) is 5.32 Å². The van der Waals surface area contributed by atoms with Crippen molar-refractivity contribution in [3.63, 3.8) is 0 Å². The number of anilines is 2. The molecule has 25 heavy (non-hydrogen) atoms. The van der Waals surface area contributed by atoms with Crippen LogP contribution >= 0.6 is 11.3 Å². The molecule has 0 aliphatic rings. The molecule has 1 amide bonds. The fourth-order valence-electron chi connectivity index (χ4n) is 2.31. The number of amides is 1. The van der Waals surface area contributed by atoms with Crippen LogP contribution in [0.25, 0.3) is 11.1 Å². The molecule has 0 aliphatic carbocycles. The quantitative estimate of drug-likeness (QED) is 0.419. The highest BCUT2D eigenvalue weighted by atomic mass is 32.1. The number of carbonyl (C=O) groups is 2. The predicted molar refractivity (Wildman–Crippen MR) is 99.9 cm³/mol. The first kappa shape index (κ1) is 16.7. The third-order valence-corrected chi connectivity index (χ3v) is 4.22. The highest BCUT2D eigenvalue weighted by Crippen LogP contribution is 2.29. The van der Waals surface area contributed by atoms with Crippen LogP contribution in [0.1, 0.15) is 17.3 Å². The third kappa shape index (κ3) is 4.05. The molecule has 3 aromatic rings. The number of carbonyl (C=O) groups excluding carboxylic acids is 2. The van der Waals surface area contributed by atoms with Crippen LogP contribution in [-0.2, 0) is 4.79 Å². The van der Waals surface area contributed by atoms with E-state index in [-0.39, 0.29) is 5.91 Å². The highest BCUT2D eigenvalue weighted by Gasteiger charge is 2.10. The van der Waals surface area contributed by atoms with Gasteiger partial charge in [-0.2, -0.15) is 11.3 Å². The minimum Gasteiger partial charge on any atom is -0.427 e. The molecule has 0 aliphatic heterocycles. The van der Waals surface area contributed by atoms with Gasteiger partial charge in [0.1, 0.15) is 5.75 Å². The molecule has 6 heteroatoms. The van der Waals surface area contributed by atoms with Crippen LogP contribution in [0.3, 0.4) is 0 Å². The van der Waals surface area contributed by atoms with Crippen molar-refractivity contribution in [2.75, 3.05) is 11.1 Å². The molecule has 0 unspecified atom stereocenters. The number of nitrogens with one attached hydrogen (secondary N) is 1. The molecule has 0 atom stereocenters. The first-order valence-electron chi connectivity index (χ1n) is 7.55. The van der Waals surface area contributed by atoms with Crippen molar-refractivity contribution in [2.45, 2.75) is 6.92 Å². The zero-order valence-electron chi connectivity index (χ0n) is 13.5. The summed E-state index contributed by atoms with van der Waals surface area (Å²) in [5, 5.41) is 6.85. The normalized spacial score (nSPS) is 10.3. The smallest absolute Gasteiger partial charge is 0.308 e. The lowest BCUT2D eigenvalue weighted by Crippen LogP contribution is -2.13. The van der Waals surface area contributed by atoms with Crippen LogP contribution < -0.4 is 15.8 Å². The number of hydrogen-bond donors (Lipinski definition) is 2. The molecule has 3 N–H and O–H groups in total. The van der Waals surface area contributed by atoms with Crippen LogP contribution in [0, 0.1) is 0 Å². The van der Waals surface area contributed by atoms with Crippen LogP contribution in [0.2, 0.25) is 0 Å². The molecular formula is C19H16N2O3S. The average molecular weight is 352 g/mol. The van der Waals surface area contributed by atoms with E-state index < -0.39 is 5.97 Å². The topological polar surface area (TPSA) is 81.4 Å². The van der Waals surface area contributed by atoms with Gasteiger partial charge in [0, 0.05) is 12.5 Å². The Hall–Kier alpha value is -3.12. The Balaban J connectivity index is 1.78. The molecule has 1 aromatic heterocycles. The van der Waals surface area contributed by atoms with E-state index in [1.54, 1.807) is 41.7 Å². The minimum atomic E-state index is -0.407. The number of rotatable bonds is 4. The van der Waals surface area contributed by atoms with Crippen molar-refractivity contribution in [1.82, 2.24) is 0 Å². The molecule has 0 radical (unpaired) electrons. The van der Waals surface area contributed by atoms with Gasteiger partial charge in [-0.25, -0.2) is 0 Å². The van der Waals surface area contributed by atoms with Crippen LogP contribution in [-0.4, -0.2) is 11.9 Å². The molecule has 3 rings (SSSR count). The van der Waals surface area contributed by atoms with E-state index >= 15 is 0 Å². The molecule has 0 saturated carbocycles. The Kier molecular flexibility index (Phi) is 4.81. The number of nitrogen functional groups attached to an aromatic ring is 1. The third-order valence-electron chi connectivity index (χ3n) is 3.53. The van der Waals surface area contributed by atoms with Crippen LogP contribution in [0.5, 0.6) is 5.75 Å². The molecule has 1 heterocycles. The maximum absolute atomic E-state index is 12.4. The van der Waals surface area contributed by atoms with Gasteiger partial charge in [-0.05, 0) is 64.4 Å². The van der Waals surface area contributed by atoms with Gasteiger partial charge in [-0.1, -0.05) is 6.07 Å². The summed E-state index contributed by atoms with van der Waals surface area (Å²) in [6.07, 6.45) is 0. The summed E-state index contributed by atoms with van der Waals surface area (Å²) in [4.78, 5) is 23.4. The second-order valence-electron chi connectivity index (χ2n) is 5.39. The van der Waals surface area contributed by atoms with E-state index in [4.69, 9.17) is 10.5 Å². The van der Waals surface area contributed by atoms with Gasteiger partial charge in [0.15, 0.2) is 0 Å². The highest BCUT2D eigenvalue weighted by molar-refractivity contribution is 7.08. The standard InChI is InChI=1S/C19H16N2O3S/c1-12(22)24-16-5-2-13(3-6-16)19(23)21-18-10-14(4-7-17(18)20)15-8-9-25-11-15/h2-11H,20H2,1H3,(H,21,23). The van der Waals surface area contributed by atoms with E-state index in [9.17, 15) is 9.59 Å². The summed E-state index contributed by atoms with van der Waals surface area (Å²) < 4.78 is 4.95. The van der Waals surface area contributed by atoms with Crippen LogP contribution in [0.4, 0.5) is 11.4 Å². The number of ether oxygens (including phenoxy) is 1. The van der Waals surface area contributed by atoms with E-state index in [0.29, 0.717) is 22.7 Å². The minimum absolute atomic E-state index is 0.288. The lowest BCUT2D eigenvalue weighted by molar-refractivity contribution is -0.131. The van der Waals surface area contributed by atoms with Gasteiger partial charge in [0.2, 0.25) is 0 Å². The lowest BCUT2D eigenvalue weighted by atomic mass is 10.1. The largest absolute Gasteiger partial charge is 0.427 e. The Labute approximate surface area is 149 Å². The molecule has 126 valence electrons. The average Bonchev–Trinajstić information content (AvgIpc) is 3.11. The Morgan fingerprint density at radius 1 is 1.04 bits per heavy atom. The molecule has 5 nitrogen and oxygen atoms in total. The second-order valence-corrected chi connectivity index (χ2v) is 6.17. The maximum atomic E-state index is 12.4. The number of nitrogens with two attached hydrogens (primary N) is 1. The zero-order valence-corrected chi connectivity index (χ0v) is 14.3. The first-order chi connectivity index (χ1) is 12.0. The van der Waals surface area contributed by atoms with E-state index in [1.807, 2.05) is 29.0 Å². The SMILES string of the molecule is CC(=O)Oc1ccc(C(=O)Nc2cc(-c3ccsc3)ccc2N)cc1. The lowest BCUT2D eigenvalue weighted by Gasteiger charge is -2.10. The summed E-state index contributed by atoms with van der Waals surface area (Å²) >= 11 is 1.61. The number of thiophene rings is 1. The van der Waals surface area contributed by atoms with E-state index in [0.717, 1.165) is 11.1 Å². The van der Waals surface area contributed by atoms with Gasteiger partial charge in [0.05, 0.1) is 11.4 Å². The molecular weight excluding hydrogens is 336 g/mol. The molecule has 0 fully saturated rings. The summed E-state index contributed by atoms with van der Waals surface area (Å²) in [5.74, 6) is -0.304. The monoisotopic (exact) mass is 352 g/mol. The first-order valence-corrected chi connectivity index (χ1v) is 8.49.